The minimum absolute atomic E-state index is 0.0991. The molecule has 1 heterocycles. The summed E-state index contributed by atoms with van der Waals surface area (Å²) in [5.74, 6) is -1.71. The number of aryl methyl sites for hydroxylation is 1. The fraction of sp³-hybridized carbons (Fsp3) is 0.0714. The predicted octanol–water partition coefficient (Wildman–Crippen LogP) is 2.95. The summed E-state index contributed by atoms with van der Waals surface area (Å²) in [5.41, 5.74) is 1.32. The number of amides is 1. The number of anilines is 1. The number of halogens is 1. The van der Waals surface area contributed by atoms with Crippen molar-refractivity contribution in [1.82, 2.24) is 4.98 Å². The smallest absolute Gasteiger partial charge is 0.338 e. The number of nitrogens with one attached hydrogen (secondary N) is 1. The molecule has 20 heavy (non-hydrogen) atoms. The topological polar surface area (TPSA) is 79.3 Å². The summed E-state index contributed by atoms with van der Waals surface area (Å²) < 4.78 is 1.06. The summed E-state index contributed by atoms with van der Waals surface area (Å²) in [4.78, 5) is 27.1. The molecule has 0 spiro atoms. The van der Waals surface area contributed by atoms with Gasteiger partial charge >= 0.3 is 5.97 Å². The van der Waals surface area contributed by atoms with Crippen molar-refractivity contribution in [2.75, 3.05) is 5.32 Å². The number of aromatic nitrogens is 1. The Morgan fingerprint density at radius 3 is 2.70 bits per heavy atom. The van der Waals surface area contributed by atoms with E-state index in [-0.39, 0.29) is 11.3 Å². The van der Waals surface area contributed by atoms with Crippen LogP contribution in [0.1, 0.15) is 26.4 Å². The van der Waals surface area contributed by atoms with Crippen molar-refractivity contribution in [2.24, 2.45) is 0 Å². The Balaban J connectivity index is 2.31. The van der Waals surface area contributed by atoms with Crippen LogP contribution in [0.15, 0.2) is 36.5 Å². The molecule has 0 aliphatic heterocycles. The lowest BCUT2D eigenvalue weighted by atomic mass is 10.1. The number of nitrogens with zero attached hydrogens (tertiary/aromatic N) is 1. The zero-order valence-corrected chi connectivity index (χ0v) is 12.7. The Morgan fingerprint density at radius 1 is 1.30 bits per heavy atom. The Kier molecular flexibility index (Phi) is 4.33. The highest BCUT2D eigenvalue weighted by Gasteiger charge is 2.18. The molecule has 1 amide bonds. The van der Waals surface area contributed by atoms with Gasteiger partial charge in [0.15, 0.2) is 0 Å². The highest BCUT2D eigenvalue weighted by molar-refractivity contribution is 14.1. The summed E-state index contributed by atoms with van der Waals surface area (Å²) in [5, 5.41) is 11.7. The number of benzene rings is 1. The van der Waals surface area contributed by atoms with Gasteiger partial charge in [0.05, 0.1) is 5.56 Å². The molecule has 0 bridgehead atoms. The summed E-state index contributed by atoms with van der Waals surface area (Å²) in [7, 11) is 0. The molecule has 0 radical (unpaired) electrons. The van der Waals surface area contributed by atoms with Gasteiger partial charge in [0.25, 0.3) is 5.91 Å². The molecule has 2 aromatic rings. The molecule has 6 heteroatoms. The molecule has 102 valence electrons. The van der Waals surface area contributed by atoms with Crippen LogP contribution in [0, 0.1) is 10.5 Å². The SMILES string of the molecule is Cc1cc(I)ccc1NC(=O)c1ncccc1C(=O)O. The summed E-state index contributed by atoms with van der Waals surface area (Å²) >= 11 is 2.18. The molecule has 2 rings (SSSR count). The number of hydrogen-bond acceptors (Lipinski definition) is 3. The second-order valence-corrected chi connectivity index (χ2v) is 5.36. The van der Waals surface area contributed by atoms with Crippen LogP contribution in [0.4, 0.5) is 5.69 Å². The van der Waals surface area contributed by atoms with Gasteiger partial charge in [-0.2, -0.15) is 0 Å². The van der Waals surface area contributed by atoms with Crippen LogP contribution in [-0.4, -0.2) is 22.0 Å². The van der Waals surface area contributed by atoms with Gasteiger partial charge in [0.2, 0.25) is 0 Å². The third kappa shape index (κ3) is 3.13. The first-order valence-electron chi connectivity index (χ1n) is 5.75. The van der Waals surface area contributed by atoms with Gasteiger partial charge in [-0.15, -0.1) is 0 Å². The van der Waals surface area contributed by atoms with E-state index in [2.05, 4.69) is 32.9 Å². The number of pyridine rings is 1. The van der Waals surface area contributed by atoms with Crippen molar-refractivity contribution in [3.05, 3.63) is 56.9 Å². The third-order valence-electron chi connectivity index (χ3n) is 2.69. The number of carbonyl (C=O) groups excluding carboxylic acids is 1. The average Bonchev–Trinajstić information content (AvgIpc) is 2.41. The normalized spacial score (nSPS) is 10.1. The summed E-state index contributed by atoms with van der Waals surface area (Å²) in [6.45, 7) is 1.87. The molecule has 2 N–H and O–H groups in total. The highest BCUT2D eigenvalue weighted by Crippen LogP contribution is 2.19. The van der Waals surface area contributed by atoms with Crippen molar-refractivity contribution < 1.29 is 14.7 Å². The maximum Gasteiger partial charge on any atom is 0.338 e. The van der Waals surface area contributed by atoms with E-state index >= 15 is 0 Å². The first-order valence-corrected chi connectivity index (χ1v) is 6.82. The van der Waals surface area contributed by atoms with Crippen LogP contribution < -0.4 is 5.32 Å². The van der Waals surface area contributed by atoms with Crippen LogP contribution >= 0.6 is 22.6 Å². The molecule has 0 saturated carbocycles. The van der Waals surface area contributed by atoms with E-state index in [9.17, 15) is 9.59 Å². The number of carboxylic acids is 1. The Morgan fingerprint density at radius 2 is 2.05 bits per heavy atom. The number of carbonyl (C=O) groups is 2. The minimum Gasteiger partial charge on any atom is -0.478 e. The second kappa shape index (κ2) is 6.00. The Hall–Kier alpha value is -1.96. The van der Waals surface area contributed by atoms with Gasteiger partial charge in [-0.3, -0.25) is 9.78 Å². The molecular formula is C14H11IN2O3. The van der Waals surface area contributed by atoms with Gasteiger partial charge in [-0.25, -0.2) is 4.79 Å². The van der Waals surface area contributed by atoms with Crippen LogP contribution in [-0.2, 0) is 0 Å². The second-order valence-electron chi connectivity index (χ2n) is 4.12. The number of hydrogen-bond donors (Lipinski definition) is 2. The highest BCUT2D eigenvalue weighted by atomic mass is 127. The number of rotatable bonds is 3. The number of aromatic carboxylic acids is 1. The fourth-order valence-corrected chi connectivity index (χ4v) is 2.35. The van der Waals surface area contributed by atoms with Gasteiger partial charge in [-0.1, -0.05) is 0 Å². The minimum atomic E-state index is -1.18. The molecule has 1 aromatic heterocycles. The Labute approximate surface area is 129 Å². The molecule has 1 aromatic carbocycles. The van der Waals surface area contributed by atoms with E-state index < -0.39 is 11.9 Å². The van der Waals surface area contributed by atoms with Gasteiger partial charge in [0.1, 0.15) is 5.69 Å². The molecule has 0 aliphatic rings. The molecule has 0 aliphatic carbocycles. The van der Waals surface area contributed by atoms with E-state index in [1.165, 1.54) is 18.3 Å². The monoisotopic (exact) mass is 382 g/mol. The van der Waals surface area contributed by atoms with Crippen LogP contribution in [0.25, 0.3) is 0 Å². The van der Waals surface area contributed by atoms with Gasteiger partial charge in [-0.05, 0) is 65.4 Å². The maximum absolute atomic E-state index is 12.1. The third-order valence-corrected chi connectivity index (χ3v) is 3.36. The van der Waals surface area contributed by atoms with E-state index in [4.69, 9.17) is 5.11 Å². The van der Waals surface area contributed by atoms with Crippen molar-refractivity contribution >= 4 is 40.2 Å². The van der Waals surface area contributed by atoms with E-state index in [1.807, 2.05) is 19.1 Å². The van der Waals surface area contributed by atoms with Crippen LogP contribution in [0.5, 0.6) is 0 Å². The molecule has 0 unspecified atom stereocenters. The van der Waals surface area contributed by atoms with E-state index in [0.29, 0.717) is 5.69 Å². The fourth-order valence-electron chi connectivity index (χ4n) is 1.71. The molecule has 0 fully saturated rings. The molecule has 0 saturated heterocycles. The van der Waals surface area contributed by atoms with Gasteiger partial charge < -0.3 is 10.4 Å². The standard InChI is InChI=1S/C14H11IN2O3/c1-8-7-9(15)4-5-11(8)17-13(18)12-10(14(19)20)3-2-6-16-12/h2-7H,1H3,(H,17,18)(H,19,20). The van der Waals surface area contributed by atoms with Crippen molar-refractivity contribution in [3.63, 3.8) is 0 Å². The van der Waals surface area contributed by atoms with Crippen LogP contribution in [0.2, 0.25) is 0 Å². The maximum atomic E-state index is 12.1. The number of carboxylic acid groups (broad SMARTS) is 1. The lowest BCUT2D eigenvalue weighted by molar-refractivity contribution is 0.0691. The molecule has 5 nitrogen and oxygen atoms in total. The van der Waals surface area contributed by atoms with E-state index in [0.717, 1.165) is 9.13 Å². The van der Waals surface area contributed by atoms with Crippen molar-refractivity contribution in [2.45, 2.75) is 6.92 Å². The van der Waals surface area contributed by atoms with Crippen molar-refractivity contribution in [1.29, 1.82) is 0 Å². The molecular weight excluding hydrogens is 371 g/mol. The first kappa shape index (κ1) is 14.4. The quantitative estimate of drug-likeness (QED) is 0.801. The lowest BCUT2D eigenvalue weighted by Crippen LogP contribution is -2.18. The first-order chi connectivity index (χ1) is 9.49. The Bertz CT molecular complexity index is 686. The summed E-state index contributed by atoms with van der Waals surface area (Å²) in [6, 6.07) is 8.40. The van der Waals surface area contributed by atoms with Crippen molar-refractivity contribution in [3.8, 4) is 0 Å². The van der Waals surface area contributed by atoms with E-state index in [1.54, 1.807) is 6.07 Å². The predicted molar refractivity (Wildman–Crippen MR) is 83.0 cm³/mol. The summed E-state index contributed by atoms with van der Waals surface area (Å²) in [6.07, 6.45) is 1.39. The zero-order valence-electron chi connectivity index (χ0n) is 10.6. The average molecular weight is 382 g/mol. The van der Waals surface area contributed by atoms with Crippen LogP contribution in [0.3, 0.4) is 0 Å². The largest absolute Gasteiger partial charge is 0.478 e. The zero-order chi connectivity index (χ0) is 14.7. The molecule has 0 atom stereocenters. The van der Waals surface area contributed by atoms with Gasteiger partial charge in [0, 0.05) is 15.5 Å². The lowest BCUT2D eigenvalue weighted by Gasteiger charge is -2.09.